The lowest BCUT2D eigenvalue weighted by atomic mass is 9.68. The molecule has 4 nitrogen and oxygen atoms in total. The van der Waals surface area contributed by atoms with E-state index in [1.807, 2.05) is 6.07 Å². The van der Waals surface area contributed by atoms with Crippen LogP contribution in [0.15, 0.2) is 59.4 Å². The van der Waals surface area contributed by atoms with E-state index in [4.69, 9.17) is 11.6 Å². The maximum absolute atomic E-state index is 14.2. The lowest BCUT2D eigenvalue weighted by molar-refractivity contribution is -0.274. The van der Waals surface area contributed by atoms with Gasteiger partial charge in [0.2, 0.25) is 0 Å². The van der Waals surface area contributed by atoms with E-state index < -0.39 is 35.4 Å². The molecule has 1 aliphatic rings. The Labute approximate surface area is 190 Å². The van der Waals surface area contributed by atoms with Crippen LogP contribution in [0.1, 0.15) is 21.2 Å². The second kappa shape index (κ2) is 9.17. The molecule has 3 rings (SSSR count). The van der Waals surface area contributed by atoms with Crippen molar-refractivity contribution in [2.75, 3.05) is 5.75 Å². The molecule has 162 valence electrons. The first-order valence-corrected chi connectivity index (χ1v) is 11.2. The highest BCUT2D eigenvalue weighted by molar-refractivity contribution is 8.14. The van der Waals surface area contributed by atoms with E-state index in [9.17, 15) is 28.3 Å². The van der Waals surface area contributed by atoms with E-state index in [1.54, 1.807) is 17.5 Å². The van der Waals surface area contributed by atoms with Gasteiger partial charge in [0.05, 0.1) is 21.9 Å². The molecule has 0 radical (unpaired) electrons. The number of carbonyl (C=O) groups excluding carboxylic acids is 1. The normalized spacial score (nSPS) is 26.1. The third-order valence-corrected chi connectivity index (χ3v) is 7.19. The molecule has 1 aromatic carbocycles. The number of aliphatic imine (C=N–C) groups is 1. The molecule has 2 heterocycles. The molecule has 0 saturated heterocycles. The lowest BCUT2D eigenvalue weighted by Gasteiger charge is -2.44. The summed E-state index contributed by atoms with van der Waals surface area (Å²) in [5, 5.41) is 22.2. The molecule has 0 spiro atoms. The van der Waals surface area contributed by atoms with Gasteiger partial charge in [0.1, 0.15) is 5.92 Å². The highest BCUT2D eigenvalue weighted by atomic mass is 35.5. The average molecular weight is 485 g/mol. The van der Waals surface area contributed by atoms with Gasteiger partial charge in [-0.25, -0.2) is 4.99 Å². The van der Waals surface area contributed by atoms with Gasteiger partial charge in [-0.15, -0.1) is 29.7 Å². The number of thiophene rings is 1. The molecule has 2 aromatic rings. The summed E-state index contributed by atoms with van der Waals surface area (Å²) in [4.78, 5) is 16.9. The molecule has 4 atom stereocenters. The van der Waals surface area contributed by atoms with Gasteiger partial charge < -0.3 is 5.11 Å². The average Bonchev–Trinajstić information content (AvgIpc) is 3.26. The van der Waals surface area contributed by atoms with Crippen LogP contribution in [0.25, 0.3) is 0 Å². The summed E-state index contributed by atoms with van der Waals surface area (Å²) in [6.45, 7) is 3.53. The standard InChI is InChI=1S/C21H16ClF3N2O2S2/c1-2-9-31-19-13(11-26)16(12-6-3-4-7-14(12)22)17(18(28)15-8-5-10-30-15)20(29,27-19)21(23,24)25/h2-8,10,13,16-17,29H,1,9H2/t13?,16-,17-,20+/m1/s1. The van der Waals surface area contributed by atoms with Crippen LogP contribution >= 0.6 is 34.7 Å². The maximum atomic E-state index is 14.2. The minimum Gasteiger partial charge on any atom is -0.362 e. The summed E-state index contributed by atoms with van der Waals surface area (Å²) >= 11 is 8.10. The number of nitriles is 1. The quantitative estimate of drug-likeness (QED) is 0.436. The molecule has 1 aliphatic heterocycles. The number of aliphatic hydroxyl groups is 1. The van der Waals surface area contributed by atoms with Gasteiger partial charge in [-0.1, -0.05) is 41.9 Å². The van der Waals surface area contributed by atoms with Crippen molar-refractivity contribution in [3.05, 3.63) is 69.9 Å². The number of carbonyl (C=O) groups is 1. The summed E-state index contributed by atoms with van der Waals surface area (Å²) in [5.74, 6) is -5.46. The number of ketones is 1. The molecular formula is C21H16ClF3N2O2S2. The molecule has 1 aromatic heterocycles. The molecule has 0 fully saturated rings. The number of thioether (sulfide) groups is 1. The molecule has 10 heteroatoms. The van der Waals surface area contributed by atoms with Crippen LogP contribution in [-0.2, 0) is 0 Å². The predicted molar refractivity (Wildman–Crippen MR) is 117 cm³/mol. The lowest BCUT2D eigenvalue weighted by Crippen LogP contribution is -2.59. The third-order valence-electron chi connectivity index (χ3n) is 4.91. The van der Waals surface area contributed by atoms with Crippen molar-refractivity contribution in [3.8, 4) is 6.07 Å². The monoisotopic (exact) mass is 484 g/mol. The molecule has 0 amide bonds. The zero-order valence-electron chi connectivity index (χ0n) is 15.8. The van der Waals surface area contributed by atoms with Crippen molar-refractivity contribution >= 4 is 45.5 Å². The molecule has 31 heavy (non-hydrogen) atoms. The first-order valence-electron chi connectivity index (χ1n) is 9.00. The molecule has 0 saturated carbocycles. The number of hydrogen-bond donors (Lipinski definition) is 1. The molecular weight excluding hydrogens is 469 g/mol. The summed E-state index contributed by atoms with van der Waals surface area (Å²) in [6, 6.07) is 11.0. The predicted octanol–water partition coefficient (Wildman–Crippen LogP) is 5.71. The Morgan fingerprint density at radius 3 is 2.65 bits per heavy atom. The second-order valence-electron chi connectivity index (χ2n) is 6.75. The van der Waals surface area contributed by atoms with Gasteiger partial charge in [0, 0.05) is 16.7 Å². The topological polar surface area (TPSA) is 73.5 Å². The third kappa shape index (κ3) is 4.30. The van der Waals surface area contributed by atoms with Gasteiger partial charge in [0.25, 0.3) is 5.72 Å². The van der Waals surface area contributed by atoms with Gasteiger partial charge in [-0.3, -0.25) is 4.79 Å². The molecule has 1 N–H and O–H groups in total. The van der Waals surface area contributed by atoms with Gasteiger partial charge in [0.15, 0.2) is 5.78 Å². The first kappa shape index (κ1) is 23.5. The highest BCUT2D eigenvalue weighted by Gasteiger charge is 2.67. The van der Waals surface area contributed by atoms with Gasteiger partial charge >= 0.3 is 6.18 Å². The van der Waals surface area contributed by atoms with Crippen LogP contribution in [0.2, 0.25) is 5.02 Å². The number of alkyl halides is 3. The molecule has 1 unspecified atom stereocenters. The van der Waals surface area contributed by atoms with E-state index in [2.05, 4.69) is 11.6 Å². The Bertz CT molecular complexity index is 1050. The number of benzene rings is 1. The van der Waals surface area contributed by atoms with Crippen LogP contribution in [0.4, 0.5) is 13.2 Å². The fraction of sp³-hybridized carbons (Fsp3) is 0.286. The Morgan fingerprint density at radius 2 is 2.10 bits per heavy atom. The van der Waals surface area contributed by atoms with Crippen molar-refractivity contribution in [1.82, 2.24) is 0 Å². The second-order valence-corrected chi connectivity index (χ2v) is 9.14. The number of Topliss-reactive ketones (excluding diaryl/α,β-unsaturated/α-hetero) is 1. The van der Waals surface area contributed by atoms with Crippen LogP contribution in [0.3, 0.4) is 0 Å². The van der Waals surface area contributed by atoms with Crippen molar-refractivity contribution in [1.29, 1.82) is 5.26 Å². The van der Waals surface area contributed by atoms with E-state index in [0.717, 1.165) is 23.1 Å². The van der Waals surface area contributed by atoms with Crippen LogP contribution in [-0.4, -0.2) is 33.6 Å². The molecule has 0 aliphatic carbocycles. The Morgan fingerprint density at radius 1 is 1.39 bits per heavy atom. The zero-order valence-corrected chi connectivity index (χ0v) is 18.2. The number of hydrogen-bond acceptors (Lipinski definition) is 6. The maximum Gasteiger partial charge on any atom is 0.439 e. The fourth-order valence-corrected chi connectivity index (χ4v) is 5.40. The number of rotatable bonds is 5. The summed E-state index contributed by atoms with van der Waals surface area (Å²) in [7, 11) is 0. The Hall–Kier alpha value is -2.12. The fourth-order valence-electron chi connectivity index (χ4n) is 3.57. The highest BCUT2D eigenvalue weighted by Crippen LogP contribution is 2.53. The van der Waals surface area contributed by atoms with Crippen molar-refractivity contribution in [3.63, 3.8) is 0 Å². The number of halogens is 4. The molecule has 0 bridgehead atoms. The first-order chi connectivity index (χ1) is 14.7. The largest absolute Gasteiger partial charge is 0.439 e. The Kier molecular flexibility index (Phi) is 6.96. The van der Waals surface area contributed by atoms with Crippen LogP contribution < -0.4 is 0 Å². The van der Waals surface area contributed by atoms with Crippen molar-refractivity contribution in [2.24, 2.45) is 16.8 Å². The summed E-state index contributed by atoms with van der Waals surface area (Å²) in [6.07, 6.45) is -3.83. The van der Waals surface area contributed by atoms with Crippen molar-refractivity contribution in [2.45, 2.75) is 17.8 Å². The zero-order chi connectivity index (χ0) is 22.8. The van der Waals surface area contributed by atoms with E-state index in [0.29, 0.717) is 0 Å². The SMILES string of the molecule is C=CCSC1=N[C@@](O)(C(F)(F)F)[C@@H](C(=O)c2cccs2)[C@H](c2ccccc2Cl)C1C#N. The van der Waals surface area contributed by atoms with E-state index >= 15 is 0 Å². The van der Waals surface area contributed by atoms with Gasteiger partial charge in [-0.05, 0) is 23.1 Å². The van der Waals surface area contributed by atoms with Gasteiger partial charge in [-0.2, -0.15) is 18.4 Å². The summed E-state index contributed by atoms with van der Waals surface area (Å²) in [5.41, 5.74) is -3.56. The van der Waals surface area contributed by atoms with E-state index in [1.165, 1.54) is 30.3 Å². The minimum atomic E-state index is -5.27. The smallest absolute Gasteiger partial charge is 0.362 e. The van der Waals surface area contributed by atoms with Crippen LogP contribution in [0, 0.1) is 23.2 Å². The Balaban J connectivity index is 2.33. The van der Waals surface area contributed by atoms with E-state index in [-0.39, 0.29) is 26.3 Å². The summed E-state index contributed by atoms with van der Waals surface area (Å²) < 4.78 is 42.7. The van der Waals surface area contributed by atoms with Crippen molar-refractivity contribution < 1.29 is 23.1 Å². The van der Waals surface area contributed by atoms with Crippen LogP contribution in [0.5, 0.6) is 0 Å². The minimum absolute atomic E-state index is 0.0267. The number of nitrogens with zero attached hydrogens (tertiary/aromatic N) is 2.